The van der Waals surface area contributed by atoms with Crippen LogP contribution in [0.5, 0.6) is 0 Å². The third-order valence-electron chi connectivity index (χ3n) is 3.62. The van der Waals surface area contributed by atoms with Crippen LogP contribution in [-0.2, 0) is 9.84 Å². The lowest BCUT2D eigenvalue weighted by molar-refractivity contribution is 0.506. The Morgan fingerprint density at radius 1 is 1.28 bits per heavy atom. The first kappa shape index (κ1) is 13.6. The summed E-state index contributed by atoms with van der Waals surface area (Å²) >= 11 is 0. The number of rotatable bonds is 6. The second-order valence-electron chi connectivity index (χ2n) is 5.20. The maximum Gasteiger partial charge on any atom is 0.175 e. The quantitative estimate of drug-likeness (QED) is 0.861. The van der Waals surface area contributed by atoms with Gasteiger partial charge in [-0.05, 0) is 43.5 Å². The predicted octanol–water partition coefficient (Wildman–Crippen LogP) is 2.54. The largest absolute Gasteiger partial charge is 0.313 e. The van der Waals surface area contributed by atoms with Gasteiger partial charge in [0.15, 0.2) is 9.84 Å². The molecule has 2 rings (SSSR count). The third kappa shape index (κ3) is 3.56. The molecule has 1 fully saturated rings. The normalized spacial score (nSPS) is 17.7. The standard InChI is InChI=1S/C14H21NO2S/c1-15-14(10-5-11-3-4-11)12-6-8-13(9-7-12)18(2,16)17/h6-9,11,14-15H,3-5,10H2,1-2H3. The third-order valence-corrected chi connectivity index (χ3v) is 4.75. The molecule has 1 N–H and O–H groups in total. The minimum absolute atomic E-state index is 0.333. The zero-order valence-electron chi connectivity index (χ0n) is 11.0. The highest BCUT2D eigenvalue weighted by Gasteiger charge is 2.22. The summed E-state index contributed by atoms with van der Waals surface area (Å²) in [7, 11) is -1.13. The van der Waals surface area contributed by atoms with Crippen molar-refractivity contribution < 1.29 is 8.42 Å². The van der Waals surface area contributed by atoms with Crippen LogP contribution >= 0.6 is 0 Å². The van der Waals surface area contributed by atoms with Crippen molar-refractivity contribution >= 4 is 9.84 Å². The van der Waals surface area contributed by atoms with Crippen LogP contribution in [0, 0.1) is 5.92 Å². The van der Waals surface area contributed by atoms with E-state index in [-0.39, 0.29) is 0 Å². The van der Waals surface area contributed by atoms with Crippen molar-refractivity contribution in [1.82, 2.24) is 5.32 Å². The van der Waals surface area contributed by atoms with E-state index in [0.29, 0.717) is 10.9 Å². The second-order valence-corrected chi connectivity index (χ2v) is 7.22. The molecule has 0 saturated heterocycles. The summed E-state index contributed by atoms with van der Waals surface area (Å²) in [4.78, 5) is 0.392. The summed E-state index contributed by atoms with van der Waals surface area (Å²) in [5.74, 6) is 0.927. The van der Waals surface area contributed by atoms with Gasteiger partial charge in [-0.25, -0.2) is 8.42 Å². The number of sulfone groups is 1. The zero-order chi connectivity index (χ0) is 13.2. The molecule has 1 aliphatic carbocycles. The Kier molecular flexibility index (Phi) is 4.07. The fourth-order valence-corrected chi connectivity index (χ4v) is 2.86. The molecule has 18 heavy (non-hydrogen) atoms. The molecule has 1 atom stereocenters. The summed E-state index contributed by atoms with van der Waals surface area (Å²) in [6.07, 6.45) is 6.39. The molecule has 0 aliphatic heterocycles. The van der Waals surface area contributed by atoms with Gasteiger partial charge in [0, 0.05) is 12.3 Å². The topological polar surface area (TPSA) is 46.2 Å². The molecule has 0 heterocycles. The van der Waals surface area contributed by atoms with Crippen molar-refractivity contribution in [3.63, 3.8) is 0 Å². The summed E-state index contributed by atoms with van der Waals surface area (Å²) < 4.78 is 22.8. The van der Waals surface area contributed by atoms with Crippen molar-refractivity contribution in [2.24, 2.45) is 5.92 Å². The van der Waals surface area contributed by atoms with Gasteiger partial charge in [0.05, 0.1) is 4.90 Å². The molecule has 0 spiro atoms. The maximum atomic E-state index is 11.4. The Morgan fingerprint density at radius 2 is 1.89 bits per heavy atom. The van der Waals surface area contributed by atoms with E-state index in [9.17, 15) is 8.42 Å². The minimum atomic E-state index is -3.09. The molecule has 1 saturated carbocycles. The molecule has 0 aromatic heterocycles. The zero-order valence-corrected chi connectivity index (χ0v) is 11.8. The minimum Gasteiger partial charge on any atom is -0.313 e. The van der Waals surface area contributed by atoms with Crippen molar-refractivity contribution in [2.45, 2.75) is 36.6 Å². The average Bonchev–Trinajstić information content (AvgIpc) is 3.13. The van der Waals surface area contributed by atoms with E-state index in [1.165, 1.54) is 31.1 Å². The summed E-state index contributed by atoms with van der Waals surface area (Å²) in [6.45, 7) is 0. The number of hydrogen-bond donors (Lipinski definition) is 1. The summed E-state index contributed by atoms with van der Waals surface area (Å²) in [5, 5.41) is 3.31. The highest BCUT2D eigenvalue weighted by Crippen LogP contribution is 2.35. The van der Waals surface area contributed by atoms with Gasteiger partial charge in [-0.3, -0.25) is 0 Å². The van der Waals surface area contributed by atoms with Gasteiger partial charge >= 0.3 is 0 Å². The molecule has 0 amide bonds. The second kappa shape index (κ2) is 5.41. The fourth-order valence-electron chi connectivity index (χ4n) is 2.23. The molecule has 1 aromatic rings. The van der Waals surface area contributed by atoms with Crippen LogP contribution in [0.4, 0.5) is 0 Å². The Labute approximate surface area is 110 Å². The summed E-state index contributed by atoms with van der Waals surface area (Å²) in [6, 6.07) is 7.58. The molecule has 1 aromatic carbocycles. The Balaban J connectivity index is 2.05. The molecule has 0 radical (unpaired) electrons. The lowest BCUT2D eigenvalue weighted by Crippen LogP contribution is -2.16. The number of nitrogens with one attached hydrogen (secondary N) is 1. The molecule has 100 valence electrons. The first-order valence-electron chi connectivity index (χ1n) is 6.48. The van der Waals surface area contributed by atoms with E-state index in [1.54, 1.807) is 12.1 Å². The lowest BCUT2D eigenvalue weighted by atomic mass is 10.0. The first-order valence-corrected chi connectivity index (χ1v) is 8.37. The van der Waals surface area contributed by atoms with Gasteiger partial charge in [0.2, 0.25) is 0 Å². The van der Waals surface area contributed by atoms with Crippen LogP contribution < -0.4 is 5.32 Å². The molecular weight excluding hydrogens is 246 g/mol. The van der Waals surface area contributed by atoms with Crippen molar-refractivity contribution in [3.05, 3.63) is 29.8 Å². The Hall–Kier alpha value is -0.870. The van der Waals surface area contributed by atoms with Crippen LogP contribution in [0.15, 0.2) is 29.2 Å². The van der Waals surface area contributed by atoms with Crippen LogP contribution in [-0.4, -0.2) is 21.7 Å². The highest BCUT2D eigenvalue weighted by atomic mass is 32.2. The van der Waals surface area contributed by atoms with Crippen molar-refractivity contribution in [1.29, 1.82) is 0 Å². The Morgan fingerprint density at radius 3 is 2.33 bits per heavy atom. The van der Waals surface area contributed by atoms with Crippen LogP contribution in [0.2, 0.25) is 0 Å². The van der Waals surface area contributed by atoms with E-state index in [4.69, 9.17) is 0 Å². The van der Waals surface area contributed by atoms with Crippen LogP contribution in [0.25, 0.3) is 0 Å². The molecule has 1 unspecified atom stereocenters. The van der Waals surface area contributed by atoms with Gasteiger partial charge in [-0.1, -0.05) is 25.0 Å². The SMILES string of the molecule is CNC(CCC1CC1)c1ccc(S(C)(=O)=O)cc1. The summed E-state index contributed by atoms with van der Waals surface area (Å²) in [5.41, 5.74) is 1.17. The van der Waals surface area contributed by atoms with Gasteiger partial charge in [-0.15, -0.1) is 0 Å². The van der Waals surface area contributed by atoms with E-state index in [0.717, 1.165) is 12.3 Å². The van der Waals surface area contributed by atoms with Gasteiger partial charge in [0.25, 0.3) is 0 Å². The smallest absolute Gasteiger partial charge is 0.175 e. The van der Waals surface area contributed by atoms with Gasteiger partial charge in [-0.2, -0.15) is 0 Å². The molecule has 1 aliphatic rings. The highest BCUT2D eigenvalue weighted by molar-refractivity contribution is 7.90. The number of hydrogen-bond acceptors (Lipinski definition) is 3. The monoisotopic (exact) mass is 267 g/mol. The molecule has 3 nitrogen and oxygen atoms in total. The average molecular weight is 267 g/mol. The lowest BCUT2D eigenvalue weighted by Gasteiger charge is -2.16. The van der Waals surface area contributed by atoms with Crippen molar-refractivity contribution in [2.75, 3.05) is 13.3 Å². The van der Waals surface area contributed by atoms with E-state index >= 15 is 0 Å². The van der Waals surface area contributed by atoms with E-state index in [2.05, 4.69) is 5.32 Å². The Bertz CT molecular complexity index is 489. The molecule has 4 heteroatoms. The van der Waals surface area contributed by atoms with Gasteiger partial charge < -0.3 is 5.32 Å². The molecular formula is C14H21NO2S. The maximum absolute atomic E-state index is 11.4. The van der Waals surface area contributed by atoms with Gasteiger partial charge in [0.1, 0.15) is 0 Å². The van der Waals surface area contributed by atoms with E-state index < -0.39 is 9.84 Å². The number of benzene rings is 1. The first-order chi connectivity index (χ1) is 8.50. The predicted molar refractivity (Wildman–Crippen MR) is 73.3 cm³/mol. The van der Waals surface area contributed by atoms with Crippen LogP contribution in [0.3, 0.4) is 0 Å². The van der Waals surface area contributed by atoms with E-state index in [1.807, 2.05) is 19.2 Å². The van der Waals surface area contributed by atoms with Crippen molar-refractivity contribution in [3.8, 4) is 0 Å². The molecule has 0 bridgehead atoms. The van der Waals surface area contributed by atoms with Crippen LogP contribution in [0.1, 0.15) is 37.3 Å². The fraction of sp³-hybridized carbons (Fsp3) is 0.571.